The molecule has 29 heavy (non-hydrogen) atoms. The maximum absolute atomic E-state index is 12.9. The van der Waals surface area contributed by atoms with Gasteiger partial charge in [0.05, 0.1) is 6.04 Å². The largest absolute Gasteiger partial charge is 0.480 e. The molecule has 0 radical (unpaired) electrons. The van der Waals surface area contributed by atoms with Crippen molar-refractivity contribution >= 4 is 35.5 Å². The molecule has 5 N–H and O–H groups in total. The lowest BCUT2D eigenvalue weighted by atomic mass is 9.98. The van der Waals surface area contributed by atoms with E-state index in [9.17, 15) is 19.2 Å². The second-order valence-electron chi connectivity index (χ2n) is 7.51. The van der Waals surface area contributed by atoms with Crippen molar-refractivity contribution < 1.29 is 24.3 Å². The van der Waals surface area contributed by atoms with E-state index in [0.717, 1.165) is 6.42 Å². The molecule has 1 rings (SSSR count). The van der Waals surface area contributed by atoms with Gasteiger partial charge in [-0.2, -0.15) is 11.8 Å². The topological polar surface area (TPSA) is 142 Å². The molecule has 3 amide bonds. The zero-order valence-corrected chi connectivity index (χ0v) is 18.5. The van der Waals surface area contributed by atoms with Crippen LogP contribution in [0.4, 0.5) is 0 Å². The Hall–Kier alpha value is -1.81. The van der Waals surface area contributed by atoms with Crippen LogP contribution in [0.15, 0.2) is 0 Å². The molecular formula is C19H34N4O5S. The molecule has 5 unspecified atom stereocenters. The number of rotatable bonds is 11. The summed E-state index contributed by atoms with van der Waals surface area (Å²) in [6.07, 6.45) is 4.20. The Morgan fingerprint density at radius 2 is 1.90 bits per heavy atom. The van der Waals surface area contributed by atoms with Crippen LogP contribution in [0.5, 0.6) is 0 Å². The Morgan fingerprint density at radius 1 is 1.24 bits per heavy atom. The van der Waals surface area contributed by atoms with Crippen molar-refractivity contribution in [1.82, 2.24) is 15.5 Å². The second-order valence-corrected chi connectivity index (χ2v) is 8.50. The summed E-state index contributed by atoms with van der Waals surface area (Å²) in [4.78, 5) is 50.6. The second kappa shape index (κ2) is 12.0. The van der Waals surface area contributed by atoms with Gasteiger partial charge in [-0.15, -0.1) is 0 Å². The molecule has 0 aliphatic carbocycles. The first-order valence-electron chi connectivity index (χ1n) is 10.0. The SMILES string of the molecule is CCC(C)C(N)C(=O)N1CCCC1C(=O)NC(CCSC)C(=O)NC(C)C(=O)O. The third-order valence-electron chi connectivity index (χ3n) is 5.35. The van der Waals surface area contributed by atoms with Gasteiger partial charge in [0.15, 0.2) is 0 Å². The van der Waals surface area contributed by atoms with Gasteiger partial charge >= 0.3 is 5.97 Å². The summed E-state index contributed by atoms with van der Waals surface area (Å²) >= 11 is 1.52. The number of amides is 3. The van der Waals surface area contributed by atoms with Crippen molar-refractivity contribution in [3.8, 4) is 0 Å². The maximum Gasteiger partial charge on any atom is 0.325 e. The fourth-order valence-corrected chi connectivity index (χ4v) is 3.61. The molecular weight excluding hydrogens is 396 g/mol. The number of aliphatic carboxylic acids is 1. The highest BCUT2D eigenvalue weighted by atomic mass is 32.2. The molecule has 9 nitrogen and oxygen atoms in total. The highest BCUT2D eigenvalue weighted by Crippen LogP contribution is 2.21. The van der Waals surface area contributed by atoms with Crippen LogP contribution in [0.3, 0.4) is 0 Å². The average molecular weight is 431 g/mol. The van der Waals surface area contributed by atoms with Gasteiger partial charge < -0.3 is 26.4 Å². The summed E-state index contributed by atoms with van der Waals surface area (Å²) in [6.45, 7) is 5.68. The third kappa shape index (κ3) is 7.18. The molecule has 1 fully saturated rings. The van der Waals surface area contributed by atoms with Crippen molar-refractivity contribution in [2.45, 2.75) is 70.6 Å². The average Bonchev–Trinajstić information content (AvgIpc) is 3.18. The maximum atomic E-state index is 12.9. The van der Waals surface area contributed by atoms with Gasteiger partial charge in [0.1, 0.15) is 18.1 Å². The monoisotopic (exact) mass is 430 g/mol. The van der Waals surface area contributed by atoms with Crippen molar-refractivity contribution in [2.24, 2.45) is 11.7 Å². The minimum Gasteiger partial charge on any atom is -0.480 e. The van der Waals surface area contributed by atoms with E-state index in [0.29, 0.717) is 31.6 Å². The first kappa shape index (κ1) is 25.2. The van der Waals surface area contributed by atoms with Crippen LogP contribution in [-0.2, 0) is 19.2 Å². The van der Waals surface area contributed by atoms with E-state index in [4.69, 9.17) is 10.8 Å². The number of likely N-dealkylation sites (tertiary alicyclic amines) is 1. The van der Waals surface area contributed by atoms with Gasteiger partial charge in [-0.05, 0) is 44.1 Å². The number of carboxylic acids is 1. The number of carboxylic acid groups (broad SMARTS) is 1. The van der Waals surface area contributed by atoms with Crippen LogP contribution >= 0.6 is 11.8 Å². The van der Waals surface area contributed by atoms with E-state index in [-0.39, 0.29) is 11.8 Å². The standard InChI is InChI=1S/C19H34N4O5S/c1-5-11(2)15(20)18(26)23-9-6-7-14(23)17(25)22-13(8-10-29-4)16(24)21-12(3)19(27)28/h11-15H,5-10,20H2,1-4H3,(H,21,24)(H,22,25)(H,27,28). The lowest BCUT2D eigenvalue weighted by molar-refractivity contribution is -0.143. The molecule has 1 saturated heterocycles. The van der Waals surface area contributed by atoms with E-state index >= 15 is 0 Å². The predicted octanol–water partition coefficient (Wildman–Crippen LogP) is 0.178. The zero-order chi connectivity index (χ0) is 22.1. The number of carbonyl (C=O) groups is 4. The molecule has 0 aromatic rings. The van der Waals surface area contributed by atoms with Gasteiger partial charge in [-0.1, -0.05) is 20.3 Å². The summed E-state index contributed by atoms with van der Waals surface area (Å²) in [7, 11) is 0. The Labute approximate surface area is 176 Å². The number of thioether (sulfide) groups is 1. The fraction of sp³-hybridized carbons (Fsp3) is 0.789. The normalized spacial score (nSPS) is 20.4. The van der Waals surface area contributed by atoms with E-state index in [1.165, 1.54) is 23.6 Å². The molecule has 0 aromatic carbocycles. The molecule has 1 aliphatic rings. The van der Waals surface area contributed by atoms with Crippen molar-refractivity contribution in [2.75, 3.05) is 18.6 Å². The summed E-state index contributed by atoms with van der Waals surface area (Å²) in [5, 5.41) is 14.1. The van der Waals surface area contributed by atoms with Crippen LogP contribution < -0.4 is 16.4 Å². The Bertz CT molecular complexity index is 603. The van der Waals surface area contributed by atoms with Gasteiger partial charge in [0.2, 0.25) is 17.7 Å². The summed E-state index contributed by atoms with van der Waals surface area (Å²) in [6, 6.07) is -3.26. The van der Waals surface area contributed by atoms with Crippen molar-refractivity contribution in [1.29, 1.82) is 0 Å². The lowest BCUT2D eigenvalue weighted by Crippen LogP contribution is -2.57. The van der Waals surface area contributed by atoms with Crippen LogP contribution in [0.2, 0.25) is 0 Å². The highest BCUT2D eigenvalue weighted by Gasteiger charge is 2.38. The Balaban J connectivity index is 2.84. The van der Waals surface area contributed by atoms with Crippen LogP contribution in [-0.4, -0.2) is 76.4 Å². The fourth-order valence-electron chi connectivity index (χ4n) is 3.14. The first-order chi connectivity index (χ1) is 13.6. The zero-order valence-electron chi connectivity index (χ0n) is 17.6. The molecule has 5 atom stereocenters. The first-order valence-corrected chi connectivity index (χ1v) is 11.4. The van der Waals surface area contributed by atoms with Gasteiger partial charge in [-0.25, -0.2) is 0 Å². The molecule has 1 heterocycles. The van der Waals surface area contributed by atoms with E-state index in [1.54, 1.807) is 0 Å². The lowest BCUT2D eigenvalue weighted by Gasteiger charge is -2.30. The highest BCUT2D eigenvalue weighted by molar-refractivity contribution is 7.98. The molecule has 0 saturated carbocycles. The van der Waals surface area contributed by atoms with Gasteiger partial charge in [0, 0.05) is 6.54 Å². The van der Waals surface area contributed by atoms with Crippen LogP contribution in [0.25, 0.3) is 0 Å². The van der Waals surface area contributed by atoms with Crippen LogP contribution in [0.1, 0.15) is 46.5 Å². The minimum atomic E-state index is -1.15. The predicted molar refractivity (Wildman–Crippen MR) is 112 cm³/mol. The molecule has 166 valence electrons. The van der Waals surface area contributed by atoms with E-state index in [1.807, 2.05) is 20.1 Å². The molecule has 10 heteroatoms. The number of nitrogens with two attached hydrogens (primary N) is 1. The Kier molecular flexibility index (Phi) is 10.5. The quantitative estimate of drug-likeness (QED) is 0.366. The van der Waals surface area contributed by atoms with Crippen LogP contribution in [0, 0.1) is 5.92 Å². The number of nitrogens with one attached hydrogen (secondary N) is 2. The minimum absolute atomic E-state index is 0.00410. The number of hydrogen-bond donors (Lipinski definition) is 4. The van der Waals surface area contributed by atoms with Crippen molar-refractivity contribution in [3.05, 3.63) is 0 Å². The number of nitrogens with zero attached hydrogens (tertiary/aromatic N) is 1. The molecule has 0 spiro atoms. The number of carbonyl (C=O) groups excluding carboxylic acids is 3. The third-order valence-corrected chi connectivity index (χ3v) is 6.00. The summed E-state index contributed by atoms with van der Waals surface area (Å²) < 4.78 is 0. The summed E-state index contributed by atoms with van der Waals surface area (Å²) in [5.74, 6) is -1.73. The Morgan fingerprint density at radius 3 is 2.45 bits per heavy atom. The number of hydrogen-bond acceptors (Lipinski definition) is 6. The van der Waals surface area contributed by atoms with Gasteiger partial charge in [-0.3, -0.25) is 19.2 Å². The molecule has 1 aliphatic heterocycles. The smallest absolute Gasteiger partial charge is 0.325 e. The molecule has 0 bridgehead atoms. The van der Waals surface area contributed by atoms with Crippen molar-refractivity contribution in [3.63, 3.8) is 0 Å². The molecule has 0 aromatic heterocycles. The summed E-state index contributed by atoms with van der Waals surface area (Å²) in [5.41, 5.74) is 6.07. The van der Waals surface area contributed by atoms with E-state index in [2.05, 4.69) is 10.6 Å². The van der Waals surface area contributed by atoms with E-state index < -0.39 is 42.0 Å². The van der Waals surface area contributed by atoms with Gasteiger partial charge in [0.25, 0.3) is 0 Å².